The minimum Gasteiger partial charge on any atom is -0.491 e. The van der Waals surface area contributed by atoms with Gasteiger partial charge in [-0.1, -0.05) is 0 Å². The molecular formula is C19H34IN5O. The van der Waals surface area contributed by atoms with Gasteiger partial charge in [0.2, 0.25) is 0 Å². The Kier molecular flexibility index (Phi) is 10.9. The van der Waals surface area contributed by atoms with Crippen LogP contribution in [0.5, 0.6) is 5.75 Å². The van der Waals surface area contributed by atoms with Crippen LogP contribution in [0.2, 0.25) is 0 Å². The molecule has 0 aromatic heterocycles. The van der Waals surface area contributed by atoms with E-state index in [-0.39, 0.29) is 30.1 Å². The Morgan fingerprint density at radius 1 is 1.15 bits per heavy atom. The molecule has 0 saturated carbocycles. The predicted molar refractivity (Wildman–Crippen MR) is 121 cm³/mol. The number of nitrogens with one attached hydrogen (secondary N) is 1. The van der Waals surface area contributed by atoms with Crippen molar-refractivity contribution in [1.29, 1.82) is 0 Å². The zero-order valence-electron chi connectivity index (χ0n) is 16.3. The van der Waals surface area contributed by atoms with Gasteiger partial charge in [-0.05, 0) is 64.5 Å². The molecule has 1 fully saturated rings. The Morgan fingerprint density at radius 3 is 2.42 bits per heavy atom. The number of unbranched alkanes of at least 4 members (excludes halogenated alkanes) is 1. The van der Waals surface area contributed by atoms with Crippen molar-refractivity contribution in [2.45, 2.75) is 32.8 Å². The normalized spacial score (nSPS) is 16.4. The van der Waals surface area contributed by atoms with Gasteiger partial charge in [-0.2, -0.15) is 0 Å². The second kappa shape index (κ2) is 12.3. The van der Waals surface area contributed by atoms with E-state index in [0.717, 1.165) is 30.9 Å². The Labute approximate surface area is 175 Å². The standard InChI is InChI=1S/C19H33N5O.HI/c1-16(2)25-18-8-6-17(7-9-18)22-19(20)21-10-4-5-11-24-14-12-23(3)13-15-24;/h6-9,16H,4-5,10-15H2,1-3H3,(H3,20,21,22);1H. The first kappa shape index (κ1) is 23.0. The minimum atomic E-state index is 0. The number of hydrogen-bond donors (Lipinski definition) is 2. The number of anilines is 1. The Morgan fingerprint density at radius 2 is 1.81 bits per heavy atom. The highest BCUT2D eigenvalue weighted by Gasteiger charge is 2.12. The number of aliphatic imine (C=N–C) groups is 1. The molecule has 1 aliphatic rings. The quantitative estimate of drug-likeness (QED) is 0.262. The molecule has 0 atom stereocenters. The highest BCUT2D eigenvalue weighted by molar-refractivity contribution is 14.0. The minimum absolute atomic E-state index is 0. The number of likely N-dealkylation sites (N-methyl/N-ethyl adjacent to an activating group) is 1. The molecule has 0 unspecified atom stereocenters. The van der Waals surface area contributed by atoms with Gasteiger partial charge < -0.3 is 25.6 Å². The molecule has 7 heteroatoms. The summed E-state index contributed by atoms with van der Waals surface area (Å²) in [5, 5.41) is 3.12. The van der Waals surface area contributed by atoms with Crippen molar-refractivity contribution < 1.29 is 4.74 Å². The van der Waals surface area contributed by atoms with Crippen molar-refractivity contribution in [3.05, 3.63) is 24.3 Å². The maximum absolute atomic E-state index is 5.96. The molecule has 1 aromatic rings. The molecule has 1 saturated heterocycles. The summed E-state index contributed by atoms with van der Waals surface area (Å²) in [7, 11) is 2.19. The van der Waals surface area contributed by atoms with Crippen molar-refractivity contribution in [2.24, 2.45) is 10.7 Å². The third-order valence-corrected chi connectivity index (χ3v) is 4.26. The summed E-state index contributed by atoms with van der Waals surface area (Å²) in [4.78, 5) is 9.33. The van der Waals surface area contributed by atoms with Gasteiger partial charge in [-0.15, -0.1) is 24.0 Å². The summed E-state index contributed by atoms with van der Waals surface area (Å²) in [6, 6.07) is 7.78. The molecule has 0 amide bonds. The van der Waals surface area contributed by atoms with Gasteiger partial charge in [0.1, 0.15) is 5.75 Å². The van der Waals surface area contributed by atoms with Crippen molar-refractivity contribution in [1.82, 2.24) is 9.80 Å². The fourth-order valence-corrected chi connectivity index (χ4v) is 2.79. The van der Waals surface area contributed by atoms with Gasteiger partial charge in [0.25, 0.3) is 0 Å². The van der Waals surface area contributed by atoms with Crippen LogP contribution in [0.15, 0.2) is 29.3 Å². The van der Waals surface area contributed by atoms with Gasteiger partial charge in [0, 0.05) is 38.4 Å². The second-order valence-electron chi connectivity index (χ2n) is 6.93. The molecule has 148 valence electrons. The van der Waals surface area contributed by atoms with Crippen LogP contribution in [0.4, 0.5) is 5.69 Å². The van der Waals surface area contributed by atoms with Crippen LogP contribution >= 0.6 is 24.0 Å². The SMILES string of the molecule is CC(C)Oc1ccc(NC(N)=NCCCCN2CCN(C)CC2)cc1.I. The molecule has 6 nitrogen and oxygen atoms in total. The van der Waals surface area contributed by atoms with Crippen LogP contribution in [-0.2, 0) is 0 Å². The number of guanidine groups is 1. The molecule has 1 aromatic carbocycles. The molecule has 1 heterocycles. The van der Waals surface area contributed by atoms with Crippen molar-refractivity contribution in [3.63, 3.8) is 0 Å². The lowest BCUT2D eigenvalue weighted by Gasteiger charge is -2.32. The maximum atomic E-state index is 5.96. The molecule has 2 rings (SSSR count). The Hall–Kier alpha value is -1.06. The topological polar surface area (TPSA) is 66.1 Å². The monoisotopic (exact) mass is 475 g/mol. The Bertz CT molecular complexity index is 527. The number of rotatable bonds is 8. The first-order chi connectivity index (χ1) is 12.0. The number of piperazine rings is 1. The molecule has 1 aliphatic heterocycles. The fourth-order valence-electron chi connectivity index (χ4n) is 2.79. The largest absolute Gasteiger partial charge is 0.491 e. The molecule has 26 heavy (non-hydrogen) atoms. The second-order valence-corrected chi connectivity index (χ2v) is 6.93. The molecule has 3 N–H and O–H groups in total. The highest BCUT2D eigenvalue weighted by Crippen LogP contribution is 2.16. The first-order valence-electron chi connectivity index (χ1n) is 9.27. The Balaban J connectivity index is 0.00000338. The average molecular weight is 475 g/mol. The van der Waals surface area contributed by atoms with Crippen molar-refractivity contribution >= 4 is 35.6 Å². The van der Waals surface area contributed by atoms with E-state index >= 15 is 0 Å². The molecule has 0 spiro atoms. The summed E-state index contributed by atoms with van der Waals surface area (Å²) in [6.45, 7) is 10.7. The fraction of sp³-hybridized carbons (Fsp3) is 0.632. The van der Waals surface area contributed by atoms with Crippen molar-refractivity contribution in [2.75, 3.05) is 51.6 Å². The molecular weight excluding hydrogens is 441 g/mol. The van der Waals surface area contributed by atoms with Crippen LogP contribution < -0.4 is 15.8 Å². The number of hydrogen-bond acceptors (Lipinski definition) is 4. The van der Waals surface area contributed by atoms with Gasteiger partial charge in [0.15, 0.2) is 5.96 Å². The van der Waals surface area contributed by atoms with E-state index in [0.29, 0.717) is 5.96 Å². The smallest absolute Gasteiger partial charge is 0.193 e. The predicted octanol–water partition coefficient (Wildman–Crippen LogP) is 2.85. The summed E-state index contributed by atoms with van der Waals surface area (Å²) in [5.41, 5.74) is 6.88. The van der Waals surface area contributed by atoms with Gasteiger partial charge >= 0.3 is 0 Å². The van der Waals surface area contributed by atoms with E-state index in [9.17, 15) is 0 Å². The molecule has 0 aliphatic carbocycles. The van der Waals surface area contributed by atoms with Crippen LogP contribution in [-0.4, -0.2) is 68.2 Å². The highest BCUT2D eigenvalue weighted by atomic mass is 127. The first-order valence-corrected chi connectivity index (χ1v) is 9.27. The summed E-state index contributed by atoms with van der Waals surface area (Å²) in [5.74, 6) is 1.33. The van der Waals surface area contributed by atoms with E-state index < -0.39 is 0 Å². The van der Waals surface area contributed by atoms with Crippen LogP contribution in [0, 0.1) is 0 Å². The van der Waals surface area contributed by atoms with Crippen LogP contribution in [0.25, 0.3) is 0 Å². The number of ether oxygens (including phenoxy) is 1. The molecule has 0 radical (unpaired) electrons. The van der Waals surface area contributed by atoms with E-state index in [1.165, 1.54) is 32.6 Å². The summed E-state index contributed by atoms with van der Waals surface area (Å²) >= 11 is 0. The van der Waals surface area contributed by atoms with E-state index in [1.807, 2.05) is 38.1 Å². The van der Waals surface area contributed by atoms with Gasteiger partial charge in [0.05, 0.1) is 6.10 Å². The number of halogens is 1. The summed E-state index contributed by atoms with van der Waals surface area (Å²) in [6.07, 6.45) is 2.41. The number of nitrogens with two attached hydrogens (primary N) is 1. The van der Waals surface area contributed by atoms with E-state index in [4.69, 9.17) is 10.5 Å². The van der Waals surface area contributed by atoms with E-state index in [2.05, 4.69) is 27.2 Å². The maximum Gasteiger partial charge on any atom is 0.193 e. The third kappa shape index (κ3) is 9.05. The number of benzene rings is 1. The van der Waals surface area contributed by atoms with Crippen molar-refractivity contribution in [3.8, 4) is 5.75 Å². The molecule has 0 bridgehead atoms. The van der Waals surface area contributed by atoms with Gasteiger partial charge in [-0.3, -0.25) is 4.99 Å². The van der Waals surface area contributed by atoms with Crippen LogP contribution in [0.1, 0.15) is 26.7 Å². The third-order valence-electron chi connectivity index (χ3n) is 4.26. The number of nitrogens with zero attached hydrogens (tertiary/aromatic N) is 3. The average Bonchev–Trinajstić information content (AvgIpc) is 2.57. The van der Waals surface area contributed by atoms with E-state index in [1.54, 1.807) is 0 Å². The summed E-state index contributed by atoms with van der Waals surface area (Å²) < 4.78 is 5.63. The zero-order chi connectivity index (χ0) is 18.1. The van der Waals surface area contributed by atoms with Gasteiger partial charge in [-0.25, -0.2) is 0 Å². The zero-order valence-corrected chi connectivity index (χ0v) is 18.6. The lowest BCUT2D eigenvalue weighted by molar-refractivity contribution is 0.152. The van der Waals surface area contributed by atoms with Crippen LogP contribution in [0.3, 0.4) is 0 Å². The lowest BCUT2D eigenvalue weighted by atomic mass is 10.2. The lowest BCUT2D eigenvalue weighted by Crippen LogP contribution is -2.44.